The summed E-state index contributed by atoms with van der Waals surface area (Å²) >= 11 is 7.20. The number of phenols is 1. The molecule has 3 aromatic rings. The van der Waals surface area contributed by atoms with Gasteiger partial charge in [-0.1, -0.05) is 29.8 Å². The number of fused-ring (bicyclic) bond motifs is 1. The van der Waals surface area contributed by atoms with Crippen molar-refractivity contribution in [2.75, 3.05) is 0 Å². The molecule has 2 N–H and O–H groups in total. The van der Waals surface area contributed by atoms with Gasteiger partial charge in [-0.25, -0.2) is 18.1 Å². The van der Waals surface area contributed by atoms with Crippen molar-refractivity contribution in [2.24, 2.45) is 0 Å². The van der Waals surface area contributed by atoms with E-state index in [4.69, 9.17) is 11.6 Å². The van der Waals surface area contributed by atoms with Crippen LogP contribution in [0.2, 0.25) is 5.15 Å². The number of aromatic nitrogens is 2. The lowest BCUT2D eigenvalue weighted by Crippen LogP contribution is -2.24. The Kier molecular flexibility index (Phi) is 3.62. The zero-order valence-corrected chi connectivity index (χ0v) is 12.9. The molecule has 0 saturated heterocycles. The number of nitrogens with zero attached hydrogens (tertiary/aromatic N) is 2. The molecule has 9 heteroatoms. The highest BCUT2D eigenvalue weighted by molar-refractivity contribution is 7.89. The molecule has 0 aliphatic heterocycles. The van der Waals surface area contributed by atoms with E-state index in [1.54, 1.807) is 29.8 Å². The second-order valence-electron chi connectivity index (χ2n) is 4.22. The normalized spacial score (nSPS) is 12.0. The topological polar surface area (TPSA) is 83.7 Å². The van der Waals surface area contributed by atoms with Gasteiger partial charge in [0.05, 0.1) is 0 Å². The van der Waals surface area contributed by atoms with Crippen LogP contribution in [-0.2, 0) is 16.6 Å². The molecule has 2 heterocycles. The minimum Gasteiger partial charge on any atom is -0.508 e. The molecule has 0 aliphatic rings. The molecule has 0 atom stereocenters. The summed E-state index contributed by atoms with van der Waals surface area (Å²) in [5.74, 6) is 0.0280. The first-order valence-electron chi connectivity index (χ1n) is 5.86. The fraction of sp³-hybridized carbons (Fsp3) is 0.0833. The van der Waals surface area contributed by atoms with Crippen molar-refractivity contribution in [3.8, 4) is 5.75 Å². The van der Waals surface area contributed by atoms with E-state index < -0.39 is 10.0 Å². The van der Waals surface area contributed by atoms with Crippen molar-refractivity contribution in [1.82, 2.24) is 14.1 Å². The van der Waals surface area contributed by atoms with E-state index in [1.807, 2.05) is 0 Å². The number of nitrogens with one attached hydrogen (secondary N) is 1. The van der Waals surface area contributed by atoms with Gasteiger partial charge in [0.2, 0.25) is 0 Å². The van der Waals surface area contributed by atoms with Gasteiger partial charge in [0, 0.05) is 23.7 Å². The highest BCUT2D eigenvalue weighted by Gasteiger charge is 2.24. The Balaban J connectivity index is 1.93. The van der Waals surface area contributed by atoms with E-state index in [1.165, 1.54) is 21.8 Å². The molecule has 21 heavy (non-hydrogen) atoms. The van der Waals surface area contributed by atoms with Crippen molar-refractivity contribution in [3.05, 3.63) is 46.6 Å². The third-order valence-electron chi connectivity index (χ3n) is 2.88. The van der Waals surface area contributed by atoms with Crippen LogP contribution < -0.4 is 4.72 Å². The van der Waals surface area contributed by atoms with Gasteiger partial charge in [0.25, 0.3) is 10.0 Å². The molecule has 0 amide bonds. The van der Waals surface area contributed by atoms with Crippen LogP contribution in [0.25, 0.3) is 4.96 Å². The number of benzene rings is 1. The molecular weight excluding hydrogens is 334 g/mol. The molecule has 6 nitrogen and oxygen atoms in total. The maximum absolute atomic E-state index is 12.4. The lowest BCUT2D eigenvalue weighted by molar-refractivity contribution is 0.467. The molecule has 1 aromatic carbocycles. The maximum atomic E-state index is 12.4. The Labute approximate surface area is 129 Å². The second-order valence-corrected chi connectivity index (χ2v) is 7.13. The zero-order valence-electron chi connectivity index (χ0n) is 10.5. The van der Waals surface area contributed by atoms with Gasteiger partial charge in [0.15, 0.2) is 15.1 Å². The Morgan fingerprint density at radius 3 is 2.90 bits per heavy atom. The summed E-state index contributed by atoms with van der Waals surface area (Å²) < 4.78 is 28.6. The average Bonchev–Trinajstić information content (AvgIpc) is 2.97. The monoisotopic (exact) mass is 343 g/mol. The Hall–Kier alpha value is -1.61. The van der Waals surface area contributed by atoms with E-state index in [2.05, 4.69) is 9.71 Å². The lowest BCUT2D eigenvalue weighted by Gasteiger charge is -2.07. The number of imidazole rings is 1. The Morgan fingerprint density at radius 2 is 2.14 bits per heavy atom. The average molecular weight is 344 g/mol. The van der Waals surface area contributed by atoms with Gasteiger partial charge in [-0.15, -0.1) is 11.3 Å². The molecule has 2 aromatic heterocycles. The predicted octanol–water partition coefficient (Wildman–Crippen LogP) is 2.23. The van der Waals surface area contributed by atoms with Crippen LogP contribution in [0, 0.1) is 0 Å². The van der Waals surface area contributed by atoms with E-state index in [0.29, 0.717) is 10.5 Å². The van der Waals surface area contributed by atoms with E-state index in [-0.39, 0.29) is 22.5 Å². The number of hydrogen-bond donors (Lipinski definition) is 2. The van der Waals surface area contributed by atoms with Gasteiger partial charge in [-0.05, 0) is 6.07 Å². The quantitative estimate of drug-likeness (QED) is 0.761. The van der Waals surface area contributed by atoms with Crippen LogP contribution in [0.3, 0.4) is 0 Å². The summed E-state index contributed by atoms with van der Waals surface area (Å²) in [5.41, 5.74) is 0.475. The molecule has 0 bridgehead atoms. The third-order valence-corrected chi connectivity index (χ3v) is 5.43. The first-order chi connectivity index (χ1) is 9.99. The minimum atomic E-state index is -3.85. The van der Waals surface area contributed by atoms with Crippen LogP contribution in [-0.4, -0.2) is 22.9 Å². The highest BCUT2D eigenvalue weighted by Crippen LogP contribution is 2.25. The number of rotatable bonds is 4. The van der Waals surface area contributed by atoms with E-state index >= 15 is 0 Å². The maximum Gasteiger partial charge on any atom is 0.260 e. The molecule has 0 aliphatic carbocycles. The third kappa shape index (κ3) is 2.62. The summed E-state index contributed by atoms with van der Waals surface area (Å²) in [5, 5.41) is 11.2. The summed E-state index contributed by atoms with van der Waals surface area (Å²) in [7, 11) is -3.85. The largest absolute Gasteiger partial charge is 0.508 e. The highest BCUT2D eigenvalue weighted by atomic mass is 35.5. The van der Waals surface area contributed by atoms with Gasteiger partial charge < -0.3 is 5.11 Å². The molecule has 0 unspecified atom stereocenters. The molecular formula is C12H10ClN3O3S2. The number of para-hydroxylation sites is 1. The number of sulfonamides is 1. The van der Waals surface area contributed by atoms with Crippen molar-refractivity contribution in [2.45, 2.75) is 11.6 Å². The lowest BCUT2D eigenvalue weighted by atomic mass is 10.2. The first-order valence-corrected chi connectivity index (χ1v) is 8.61. The van der Waals surface area contributed by atoms with Gasteiger partial charge in [0.1, 0.15) is 5.75 Å². The Bertz CT molecular complexity index is 902. The van der Waals surface area contributed by atoms with E-state index in [0.717, 1.165) is 0 Å². The SMILES string of the molecule is O=S(=O)(NCc1ccccc1O)c1c(Cl)nc2sccn12. The van der Waals surface area contributed by atoms with Crippen molar-refractivity contribution >= 4 is 37.9 Å². The van der Waals surface area contributed by atoms with Crippen LogP contribution in [0.5, 0.6) is 5.75 Å². The summed E-state index contributed by atoms with van der Waals surface area (Å²) in [4.78, 5) is 4.49. The summed E-state index contributed by atoms with van der Waals surface area (Å²) in [6, 6.07) is 6.50. The number of halogens is 1. The smallest absolute Gasteiger partial charge is 0.260 e. The van der Waals surface area contributed by atoms with Crippen LogP contribution >= 0.6 is 22.9 Å². The number of phenolic OH excluding ortho intramolecular Hbond substituents is 1. The number of hydrogen-bond acceptors (Lipinski definition) is 5. The molecule has 110 valence electrons. The fourth-order valence-electron chi connectivity index (χ4n) is 1.88. The van der Waals surface area contributed by atoms with Gasteiger partial charge in [-0.3, -0.25) is 4.40 Å². The summed E-state index contributed by atoms with van der Waals surface area (Å²) in [6.45, 7) is -0.0390. The summed E-state index contributed by atoms with van der Waals surface area (Å²) in [6.07, 6.45) is 1.59. The minimum absolute atomic E-state index is 0.0280. The Morgan fingerprint density at radius 1 is 1.38 bits per heavy atom. The van der Waals surface area contributed by atoms with Crippen molar-refractivity contribution < 1.29 is 13.5 Å². The standard InChI is InChI=1S/C12H10ClN3O3S2/c13-10-11(16-5-6-20-12(16)15-10)21(18,19)14-7-8-3-1-2-4-9(8)17/h1-6,14,17H,7H2. The van der Waals surface area contributed by atoms with Crippen LogP contribution in [0.1, 0.15) is 5.56 Å². The van der Waals surface area contributed by atoms with Gasteiger partial charge >= 0.3 is 0 Å². The van der Waals surface area contributed by atoms with Crippen LogP contribution in [0.15, 0.2) is 40.9 Å². The predicted molar refractivity (Wildman–Crippen MR) is 80.2 cm³/mol. The van der Waals surface area contributed by atoms with E-state index in [9.17, 15) is 13.5 Å². The first kappa shape index (κ1) is 14.3. The fourth-order valence-corrected chi connectivity index (χ4v) is 4.33. The molecule has 0 fully saturated rings. The number of thiazole rings is 1. The molecule has 3 rings (SSSR count). The van der Waals surface area contributed by atoms with Crippen molar-refractivity contribution in [3.63, 3.8) is 0 Å². The second kappa shape index (κ2) is 5.30. The number of aromatic hydroxyl groups is 1. The van der Waals surface area contributed by atoms with Crippen LogP contribution in [0.4, 0.5) is 0 Å². The van der Waals surface area contributed by atoms with Crippen molar-refractivity contribution in [1.29, 1.82) is 0 Å². The zero-order chi connectivity index (χ0) is 15.0. The molecule has 0 saturated carbocycles. The van der Waals surface area contributed by atoms with Gasteiger partial charge in [-0.2, -0.15) is 0 Å². The molecule has 0 radical (unpaired) electrons. The molecule has 0 spiro atoms.